The molecule has 0 saturated heterocycles. The average Bonchev–Trinajstić information content (AvgIpc) is 2.78. The van der Waals surface area contributed by atoms with E-state index < -0.39 is 32.7 Å². The number of hydrogen-bond donors (Lipinski definition) is 3. The number of pyridine rings is 2. The number of rotatable bonds is 7. The molecule has 12 nitrogen and oxygen atoms in total. The lowest BCUT2D eigenvalue weighted by Crippen LogP contribution is -2.33. The first kappa shape index (κ1) is 24.8. The Kier molecular flexibility index (Phi) is 6.64. The van der Waals surface area contributed by atoms with E-state index >= 15 is 0 Å². The van der Waals surface area contributed by atoms with Crippen molar-refractivity contribution in [2.24, 2.45) is 10.3 Å². The molecule has 14 heteroatoms. The summed E-state index contributed by atoms with van der Waals surface area (Å²) in [5.74, 6) is -0.466. The van der Waals surface area contributed by atoms with Crippen molar-refractivity contribution >= 4 is 49.6 Å². The molecule has 1 aliphatic rings. The molecule has 1 unspecified atom stereocenters. The minimum absolute atomic E-state index is 0.107. The summed E-state index contributed by atoms with van der Waals surface area (Å²) in [7, 11) is -2.99. The van der Waals surface area contributed by atoms with Gasteiger partial charge in [-0.2, -0.15) is 12.6 Å². The largest absolute Gasteiger partial charge is 0.506 e. The summed E-state index contributed by atoms with van der Waals surface area (Å²) in [5.41, 5.74) is -0.354. The van der Waals surface area contributed by atoms with Crippen molar-refractivity contribution in [3.63, 3.8) is 0 Å². The van der Waals surface area contributed by atoms with Crippen molar-refractivity contribution in [2.45, 2.75) is 31.7 Å². The number of hydroxylamine groups is 1. The van der Waals surface area contributed by atoms with Crippen molar-refractivity contribution in [3.05, 3.63) is 52.4 Å². The number of anilines is 2. The van der Waals surface area contributed by atoms with Gasteiger partial charge in [0.2, 0.25) is 0 Å². The topological polar surface area (TPSA) is 163 Å². The number of benzene rings is 1. The minimum atomic E-state index is -4.32. The predicted molar refractivity (Wildman–Crippen MR) is 131 cm³/mol. The maximum absolute atomic E-state index is 13.5. The molecule has 0 aliphatic carbocycles. The molecule has 3 aromatic rings. The molecule has 1 atom stereocenters. The van der Waals surface area contributed by atoms with Crippen molar-refractivity contribution in [1.82, 2.24) is 9.55 Å². The fourth-order valence-electron chi connectivity index (χ4n) is 3.66. The Labute approximate surface area is 203 Å². The number of aromatic nitrogens is 2. The Morgan fingerprint density at radius 1 is 1.29 bits per heavy atom. The third kappa shape index (κ3) is 4.77. The Hall–Kier alpha value is -3.33. The van der Waals surface area contributed by atoms with Crippen LogP contribution in [-0.4, -0.2) is 44.7 Å². The third-order valence-corrected chi connectivity index (χ3v) is 7.07. The van der Waals surface area contributed by atoms with Gasteiger partial charge in [0.25, 0.3) is 15.6 Å². The van der Waals surface area contributed by atoms with Gasteiger partial charge in [-0.25, -0.2) is 10.0 Å². The number of nitrogens with one attached hydrogen (secondary N) is 1. The summed E-state index contributed by atoms with van der Waals surface area (Å²) in [6.07, 6.45) is 2.17. The summed E-state index contributed by atoms with van der Waals surface area (Å²) in [6, 6.07) is 7.24. The van der Waals surface area contributed by atoms with E-state index in [1.165, 1.54) is 36.0 Å². The SMILES string of the molecule is CC(C)CCn1c(=O)c(C2=NS(=O)(=O)c3cc(N(C)OS(=O)O)ccc3N2)c(O)c2cccnc21. The van der Waals surface area contributed by atoms with Crippen molar-refractivity contribution in [2.75, 3.05) is 17.4 Å². The Bertz CT molecular complexity index is 1530. The first-order valence-corrected chi connectivity index (χ1v) is 13.0. The highest BCUT2D eigenvalue weighted by atomic mass is 32.2. The van der Waals surface area contributed by atoms with E-state index in [4.69, 9.17) is 4.55 Å². The van der Waals surface area contributed by atoms with Gasteiger partial charge >= 0.3 is 11.4 Å². The Balaban J connectivity index is 1.86. The van der Waals surface area contributed by atoms with Crippen LogP contribution in [0.15, 0.2) is 50.6 Å². The number of hydrogen-bond acceptors (Lipinski definition) is 9. The quantitative estimate of drug-likeness (QED) is 0.310. The lowest BCUT2D eigenvalue weighted by Gasteiger charge is -2.22. The molecule has 0 spiro atoms. The normalized spacial score (nSPS) is 15.4. The first-order chi connectivity index (χ1) is 16.5. The van der Waals surface area contributed by atoms with Gasteiger partial charge < -0.3 is 10.4 Å². The van der Waals surface area contributed by atoms with E-state index in [2.05, 4.69) is 19.0 Å². The summed E-state index contributed by atoms with van der Waals surface area (Å²) >= 11 is -2.61. The Morgan fingerprint density at radius 3 is 2.71 bits per heavy atom. The van der Waals surface area contributed by atoms with Gasteiger partial charge in [0.1, 0.15) is 21.9 Å². The number of amidine groups is 1. The molecule has 0 radical (unpaired) electrons. The second-order valence-corrected chi connectivity index (χ2v) is 10.4. The van der Waals surface area contributed by atoms with E-state index in [0.717, 1.165) is 5.06 Å². The number of nitrogens with zero attached hydrogens (tertiary/aromatic N) is 4. The van der Waals surface area contributed by atoms with Crippen LogP contribution >= 0.6 is 0 Å². The number of fused-ring (bicyclic) bond motifs is 2. The molecule has 35 heavy (non-hydrogen) atoms. The Morgan fingerprint density at radius 2 is 2.03 bits per heavy atom. The highest BCUT2D eigenvalue weighted by Crippen LogP contribution is 2.34. The second-order valence-electron chi connectivity index (χ2n) is 8.25. The van der Waals surface area contributed by atoms with E-state index in [-0.39, 0.29) is 44.6 Å². The summed E-state index contributed by atoms with van der Waals surface area (Å²) in [6.45, 7) is 4.33. The first-order valence-electron chi connectivity index (χ1n) is 10.5. The highest BCUT2D eigenvalue weighted by molar-refractivity contribution is 7.90. The van der Waals surface area contributed by atoms with Crippen LogP contribution in [0.5, 0.6) is 5.75 Å². The molecule has 1 aromatic carbocycles. The van der Waals surface area contributed by atoms with Crippen LogP contribution in [0.3, 0.4) is 0 Å². The van der Waals surface area contributed by atoms with Gasteiger partial charge in [-0.05, 0) is 42.7 Å². The molecule has 3 N–H and O–H groups in total. The van der Waals surface area contributed by atoms with E-state index in [0.29, 0.717) is 13.0 Å². The molecule has 4 rings (SSSR count). The molecule has 2 aromatic heterocycles. The fraction of sp³-hybridized carbons (Fsp3) is 0.286. The molecular formula is C21H23N5O7S2. The monoisotopic (exact) mass is 521 g/mol. The molecule has 186 valence electrons. The molecular weight excluding hydrogens is 498 g/mol. The van der Waals surface area contributed by atoms with Gasteiger partial charge in [0, 0.05) is 19.8 Å². The maximum atomic E-state index is 13.5. The molecule has 0 saturated carbocycles. The molecule has 3 heterocycles. The van der Waals surface area contributed by atoms with Crippen LogP contribution in [0.1, 0.15) is 25.8 Å². The summed E-state index contributed by atoms with van der Waals surface area (Å²) in [5, 5.41) is 15.0. The summed E-state index contributed by atoms with van der Waals surface area (Å²) in [4.78, 5) is 17.5. The van der Waals surface area contributed by atoms with Gasteiger partial charge in [0.15, 0.2) is 5.84 Å². The van der Waals surface area contributed by atoms with E-state index in [1.54, 1.807) is 12.1 Å². The second kappa shape index (κ2) is 9.37. The van der Waals surface area contributed by atoms with Gasteiger partial charge in [-0.3, -0.25) is 13.9 Å². The molecule has 0 fully saturated rings. The number of sulfonamides is 1. The molecule has 0 amide bonds. The van der Waals surface area contributed by atoms with Crippen LogP contribution in [-0.2, 0) is 32.2 Å². The average molecular weight is 522 g/mol. The van der Waals surface area contributed by atoms with Gasteiger partial charge in [-0.15, -0.1) is 8.68 Å². The van der Waals surface area contributed by atoms with Crippen LogP contribution in [0.4, 0.5) is 11.4 Å². The smallest absolute Gasteiger partial charge is 0.325 e. The van der Waals surface area contributed by atoms with Crippen LogP contribution < -0.4 is 15.9 Å². The van der Waals surface area contributed by atoms with Gasteiger partial charge in [0.05, 0.1) is 16.8 Å². The predicted octanol–water partition coefficient (Wildman–Crippen LogP) is 2.21. The van der Waals surface area contributed by atoms with Gasteiger partial charge in [-0.1, -0.05) is 13.8 Å². The zero-order valence-electron chi connectivity index (χ0n) is 19.0. The fourth-order valence-corrected chi connectivity index (χ4v) is 5.08. The van der Waals surface area contributed by atoms with Crippen molar-refractivity contribution in [3.8, 4) is 5.75 Å². The minimum Gasteiger partial charge on any atom is -0.506 e. The van der Waals surface area contributed by atoms with Crippen LogP contribution in [0, 0.1) is 5.92 Å². The molecule has 0 bridgehead atoms. The third-order valence-electron chi connectivity index (χ3n) is 5.41. The standard InChI is InChI=1S/C21H23N5O7S2/c1-12(2)8-10-26-20-14(5-4-9-22-20)18(27)17(21(26)28)19-23-15-7-6-13(25(3)33-34(29)30)11-16(15)35(31,32)24-19/h4-7,9,11-12,27H,8,10H2,1-3H3,(H,23,24)(H,29,30). The zero-order valence-corrected chi connectivity index (χ0v) is 20.6. The van der Waals surface area contributed by atoms with Crippen molar-refractivity contribution < 1.29 is 26.6 Å². The summed E-state index contributed by atoms with van der Waals surface area (Å²) < 4.78 is 55.7. The van der Waals surface area contributed by atoms with Crippen LogP contribution in [0.2, 0.25) is 0 Å². The van der Waals surface area contributed by atoms with E-state index in [9.17, 15) is 22.5 Å². The van der Waals surface area contributed by atoms with Crippen molar-refractivity contribution in [1.29, 1.82) is 0 Å². The van der Waals surface area contributed by atoms with Crippen LogP contribution in [0.25, 0.3) is 11.0 Å². The molecule has 1 aliphatic heterocycles. The highest BCUT2D eigenvalue weighted by Gasteiger charge is 2.31. The lowest BCUT2D eigenvalue weighted by molar-refractivity contribution is 0.295. The zero-order chi connectivity index (χ0) is 25.5. The van der Waals surface area contributed by atoms with E-state index in [1.807, 2.05) is 13.8 Å². The maximum Gasteiger partial charge on any atom is 0.325 e. The lowest BCUT2D eigenvalue weighted by atomic mass is 10.1. The number of aromatic hydroxyl groups is 1. The number of aryl methyl sites for hydroxylation is 1.